The van der Waals surface area contributed by atoms with Crippen LogP contribution in [0.4, 0.5) is 0 Å². The summed E-state index contributed by atoms with van der Waals surface area (Å²) < 4.78 is 5.10. The molecule has 2 aromatic rings. The molecular formula is C12H13N3O3. The molecule has 0 saturated heterocycles. The van der Waals surface area contributed by atoms with Gasteiger partial charge in [-0.3, -0.25) is 9.97 Å². The minimum atomic E-state index is -1.06. The highest BCUT2D eigenvalue weighted by molar-refractivity contribution is 5.84. The first-order chi connectivity index (χ1) is 8.65. The zero-order valence-electron chi connectivity index (χ0n) is 9.88. The van der Waals surface area contributed by atoms with Gasteiger partial charge in [-0.1, -0.05) is 0 Å². The standard InChI is InChI=1S/C12H13N3O3/c1-8-4-15-9(6-14-8)5-13-7-10-2-3-11(18-10)12(16)17/h2-4,6,13H,5,7H2,1H3,(H,16,17). The van der Waals surface area contributed by atoms with E-state index in [0.29, 0.717) is 18.8 Å². The van der Waals surface area contributed by atoms with Gasteiger partial charge >= 0.3 is 5.97 Å². The van der Waals surface area contributed by atoms with Crippen molar-refractivity contribution >= 4 is 5.97 Å². The van der Waals surface area contributed by atoms with E-state index in [0.717, 1.165) is 11.4 Å². The number of carboxylic acids is 1. The Morgan fingerprint density at radius 1 is 1.33 bits per heavy atom. The van der Waals surface area contributed by atoms with Crippen molar-refractivity contribution in [3.63, 3.8) is 0 Å². The molecule has 2 heterocycles. The van der Waals surface area contributed by atoms with Crippen LogP contribution in [-0.2, 0) is 13.1 Å². The lowest BCUT2D eigenvalue weighted by Gasteiger charge is -2.02. The summed E-state index contributed by atoms with van der Waals surface area (Å²) in [7, 11) is 0. The zero-order valence-corrected chi connectivity index (χ0v) is 9.88. The Morgan fingerprint density at radius 2 is 2.17 bits per heavy atom. The van der Waals surface area contributed by atoms with Crippen LogP contribution in [0, 0.1) is 6.92 Å². The highest BCUT2D eigenvalue weighted by Crippen LogP contribution is 2.07. The first kappa shape index (κ1) is 12.3. The summed E-state index contributed by atoms with van der Waals surface area (Å²) in [6, 6.07) is 3.07. The van der Waals surface area contributed by atoms with Crippen molar-refractivity contribution in [2.24, 2.45) is 0 Å². The van der Waals surface area contributed by atoms with Gasteiger partial charge in [-0.2, -0.15) is 0 Å². The third-order valence-electron chi connectivity index (χ3n) is 2.31. The molecule has 2 rings (SSSR count). The average molecular weight is 247 g/mol. The molecule has 0 fully saturated rings. The van der Waals surface area contributed by atoms with Gasteiger partial charge in [0.15, 0.2) is 0 Å². The van der Waals surface area contributed by atoms with Gasteiger partial charge in [0.25, 0.3) is 0 Å². The van der Waals surface area contributed by atoms with Gasteiger partial charge in [-0.15, -0.1) is 0 Å². The molecule has 0 aliphatic rings. The number of furan rings is 1. The monoisotopic (exact) mass is 247 g/mol. The largest absolute Gasteiger partial charge is 0.475 e. The highest BCUT2D eigenvalue weighted by atomic mass is 16.4. The lowest BCUT2D eigenvalue weighted by molar-refractivity contribution is 0.0660. The lowest BCUT2D eigenvalue weighted by Crippen LogP contribution is -2.13. The van der Waals surface area contributed by atoms with Crippen molar-refractivity contribution in [3.8, 4) is 0 Å². The molecule has 0 aromatic carbocycles. The molecule has 6 heteroatoms. The second-order valence-electron chi connectivity index (χ2n) is 3.82. The molecule has 2 N–H and O–H groups in total. The van der Waals surface area contributed by atoms with Crippen molar-refractivity contribution in [2.45, 2.75) is 20.0 Å². The summed E-state index contributed by atoms with van der Waals surface area (Å²) in [5.74, 6) is -0.542. The molecule has 2 aromatic heterocycles. The summed E-state index contributed by atoms with van der Waals surface area (Å²) in [4.78, 5) is 18.9. The maximum absolute atomic E-state index is 10.6. The topological polar surface area (TPSA) is 88.2 Å². The number of carbonyl (C=O) groups is 1. The Morgan fingerprint density at radius 3 is 2.78 bits per heavy atom. The summed E-state index contributed by atoms with van der Waals surface area (Å²) >= 11 is 0. The molecule has 94 valence electrons. The van der Waals surface area contributed by atoms with E-state index in [1.165, 1.54) is 6.07 Å². The number of aromatic carboxylic acids is 1. The van der Waals surface area contributed by atoms with Crippen LogP contribution in [0.3, 0.4) is 0 Å². The van der Waals surface area contributed by atoms with Crippen molar-refractivity contribution in [2.75, 3.05) is 0 Å². The summed E-state index contributed by atoms with van der Waals surface area (Å²) in [6.07, 6.45) is 3.40. The maximum Gasteiger partial charge on any atom is 0.371 e. The van der Waals surface area contributed by atoms with Gasteiger partial charge in [-0.25, -0.2) is 4.79 Å². The van der Waals surface area contributed by atoms with E-state index in [-0.39, 0.29) is 5.76 Å². The number of hydrogen-bond acceptors (Lipinski definition) is 5. The number of nitrogens with one attached hydrogen (secondary N) is 1. The second kappa shape index (κ2) is 5.42. The SMILES string of the molecule is Cc1cnc(CNCc2ccc(C(=O)O)o2)cn1. The fourth-order valence-corrected chi connectivity index (χ4v) is 1.41. The fraction of sp³-hybridized carbons (Fsp3) is 0.250. The Labute approximate surface area is 104 Å². The van der Waals surface area contributed by atoms with E-state index in [4.69, 9.17) is 9.52 Å². The third-order valence-corrected chi connectivity index (χ3v) is 2.31. The van der Waals surface area contributed by atoms with Crippen molar-refractivity contribution in [1.29, 1.82) is 0 Å². The Bertz CT molecular complexity index is 534. The molecule has 0 unspecified atom stereocenters. The van der Waals surface area contributed by atoms with E-state index in [2.05, 4.69) is 15.3 Å². The van der Waals surface area contributed by atoms with Gasteiger partial charge in [0, 0.05) is 18.9 Å². The molecule has 18 heavy (non-hydrogen) atoms. The molecule has 0 atom stereocenters. The minimum Gasteiger partial charge on any atom is -0.475 e. The molecule has 0 bridgehead atoms. The molecule has 0 amide bonds. The van der Waals surface area contributed by atoms with Crippen LogP contribution in [0.25, 0.3) is 0 Å². The second-order valence-corrected chi connectivity index (χ2v) is 3.82. The number of nitrogens with zero attached hydrogens (tertiary/aromatic N) is 2. The van der Waals surface area contributed by atoms with Crippen LogP contribution < -0.4 is 5.32 Å². The predicted octanol–water partition coefficient (Wildman–Crippen LogP) is 1.37. The molecule has 0 aliphatic carbocycles. The molecule has 0 aliphatic heterocycles. The minimum absolute atomic E-state index is 0.0538. The zero-order chi connectivity index (χ0) is 13.0. The first-order valence-electron chi connectivity index (χ1n) is 5.45. The number of aromatic nitrogens is 2. The van der Waals surface area contributed by atoms with Gasteiger partial charge in [0.1, 0.15) is 5.76 Å². The van der Waals surface area contributed by atoms with Crippen molar-refractivity contribution in [3.05, 3.63) is 47.4 Å². The van der Waals surface area contributed by atoms with Gasteiger partial charge in [0.2, 0.25) is 5.76 Å². The number of rotatable bonds is 5. The molecule has 0 radical (unpaired) electrons. The van der Waals surface area contributed by atoms with E-state index in [1.807, 2.05) is 6.92 Å². The van der Waals surface area contributed by atoms with Crippen molar-refractivity contribution < 1.29 is 14.3 Å². The van der Waals surface area contributed by atoms with Crippen LogP contribution in [0.15, 0.2) is 28.9 Å². The van der Waals surface area contributed by atoms with Crippen LogP contribution in [0.5, 0.6) is 0 Å². The van der Waals surface area contributed by atoms with Gasteiger partial charge < -0.3 is 14.8 Å². The highest BCUT2D eigenvalue weighted by Gasteiger charge is 2.08. The van der Waals surface area contributed by atoms with E-state index in [9.17, 15) is 4.79 Å². The average Bonchev–Trinajstić information content (AvgIpc) is 2.81. The Balaban J connectivity index is 1.84. The first-order valence-corrected chi connectivity index (χ1v) is 5.45. The maximum atomic E-state index is 10.6. The number of aryl methyl sites for hydroxylation is 1. The fourth-order valence-electron chi connectivity index (χ4n) is 1.41. The molecule has 6 nitrogen and oxygen atoms in total. The summed E-state index contributed by atoms with van der Waals surface area (Å²) in [6.45, 7) is 2.87. The molecule has 0 spiro atoms. The smallest absolute Gasteiger partial charge is 0.371 e. The normalized spacial score (nSPS) is 10.5. The third kappa shape index (κ3) is 3.14. The Kier molecular flexibility index (Phi) is 3.69. The van der Waals surface area contributed by atoms with Crippen LogP contribution in [0.2, 0.25) is 0 Å². The van der Waals surface area contributed by atoms with E-state index < -0.39 is 5.97 Å². The molecular weight excluding hydrogens is 234 g/mol. The summed E-state index contributed by atoms with van der Waals surface area (Å²) in [5.41, 5.74) is 1.70. The summed E-state index contributed by atoms with van der Waals surface area (Å²) in [5, 5.41) is 11.8. The van der Waals surface area contributed by atoms with Crippen LogP contribution in [0.1, 0.15) is 27.7 Å². The van der Waals surface area contributed by atoms with Crippen molar-refractivity contribution in [1.82, 2.24) is 15.3 Å². The Hall–Kier alpha value is -2.21. The number of carboxylic acid groups (broad SMARTS) is 1. The van der Waals surface area contributed by atoms with Gasteiger partial charge in [0.05, 0.1) is 17.9 Å². The predicted molar refractivity (Wildman–Crippen MR) is 63.0 cm³/mol. The lowest BCUT2D eigenvalue weighted by atomic mass is 10.4. The van der Waals surface area contributed by atoms with E-state index in [1.54, 1.807) is 18.5 Å². The quantitative estimate of drug-likeness (QED) is 0.829. The van der Waals surface area contributed by atoms with E-state index >= 15 is 0 Å². The van der Waals surface area contributed by atoms with Crippen LogP contribution in [-0.4, -0.2) is 21.0 Å². The number of hydrogen-bond donors (Lipinski definition) is 2. The molecule has 0 saturated carbocycles. The van der Waals surface area contributed by atoms with Gasteiger partial charge in [-0.05, 0) is 19.1 Å². The van der Waals surface area contributed by atoms with Crippen LogP contribution >= 0.6 is 0 Å².